The van der Waals surface area contributed by atoms with Crippen molar-refractivity contribution in [3.8, 4) is 11.5 Å². The number of hydrogen-bond donors (Lipinski definition) is 2. The van der Waals surface area contributed by atoms with Crippen LogP contribution < -0.4 is 15.2 Å². The molecule has 1 aliphatic rings. The van der Waals surface area contributed by atoms with E-state index in [2.05, 4.69) is 31.2 Å². The van der Waals surface area contributed by atoms with Crippen molar-refractivity contribution in [1.82, 2.24) is 0 Å². The van der Waals surface area contributed by atoms with E-state index in [4.69, 9.17) is 15.2 Å². The van der Waals surface area contributed by atoms with Gasteiger partial charge < -0.3 is 20.3 Å². The zero-order chi connectivity index (χ0) is 19.3. The summed E-state index contributed by atoms with van der Waals surface area (Å²) in [5.41, 5.74) is 8.47. The van der Waals surface area contributed by atoms with E-state index < -0.39 is 5.54 Å². The lowest BCUT2D eigenvalue weighted by Gasteiger charge is -2.21. The zero-order valence-electron chi connectivity index (χ0n) is 16.4. The first-order chi connectivity index (χ1) is 13.0. The minimum atomic E-state index is -0.393. The van der Waals surface area contributed by atoms with Gasteiger partial charge in [0, 0.05) is 11.6 Å². The molecule has 4 heteroatoms. The third-order valence-corrected chi connectivity index (χ3v) is 5.63. The molecule has 0 heterocycles. The van der Waals surface area contributed by atoms with Gasteiger partial charge in [-0.05, 0) is 68.2 Å². The largest absolute Gasteiger partial charge is 0.497 e. The molecule has 0 amide bonds. The van der Waals surface area contributed by atoms with Crippen LogP contribution in [0.1, 0.15) is 49.7 Å². The number of aryl methyl sites for hydroxylation is 1. The summed E-state index contributed by atoms with van der Waals surface area (Å²) in [5.74, 6) is 2.11. The summed E-state index contributed by atoms with van der Waals surface area (Å²) in [6.07, 6.45) is 4.89. The van der Waals surface area contributed by atoms with Crippen LogP contribution in [0.25, 0.3) is 0 Å². The predicted molar refractivity (Wildman–Crippen MR) is 108 cm³/mol. The highest BCUT2D eigenvalue weighted by atomic mass is 16.5. The van der Waals surface area contributed by atoms with Crippen LogP contribution in [0.15, 0.2) is 48.5 Å². The number of nitrogens with two attached hydrogens (primary N) is 1. The maximum Gasteiger partial charge on any atom is 0.123 e. The number of benzene rings is 2. The molecule has 146 valence electrons. The van der Waals surface area contributed by atoms with E-state index in [-0.39, 0.29) is 12.7 Å². The van der Waals surface area contributed by atoms with Crippen molar-refractivity contribution >= 4 is 0 Å². The second-order valence-electron chi connectivity index (χ2n) is 7.85. The van der Waals surface area contributed by atoms with Crippen molar-refractivity contribution < 1.29 is 14.6 Å². The molecule has 0 radical (unpaired) electrons. The lowest BCUT2D eigenvalue weighted by molar-refractivity contribution is 0.198. The maximum absolute atomic E-state index is 9.45. The predicted octanol–water partition coefficient (Wildman–Crippen LogP) is 4.05. The van der Waals surface area contributed by atoms with E-state index in [1.165, 1.54) is 11.1 Å². The van der Waals surface area contributed by atoms with Crippen molar-refractivity contribution in [1.29, 1.82) is 0 Å². The molecule has 1 aliphatic carbocycles. The molecular formula is C23H31NO3. The molecule has 2 aromatic rings. The molecule has 3 atom stereocenters. The smallest absolute Gasteiger partial charge is 0.123 e. The van der Waals surface area contributed by atoms with Crippen LogP contribution in [0.5, 0.6) is 11.5 Å². The molecule has 3 N–H and O–H groups in total. The van der Waals surface area contributed by atoms with Crippen molar-refractivity contribution in [3.05, 3.63) is 59.7 Å². The highest BCUT2D eigenvalue weighted by Crippen LogP contribution is 2.39. The summed E-state index contributed by atoms with van der Waals surface area (Å²) in [6.45, 7) is 2.18. The van der Waals surface area contributed by atoms with E-state index >= 15 is 0 Å². The normalized spacial score (nSPS) is 23.2. The molecule has 3 rings (SSSR count). The second kappa shape index (κ2) is 8.77. The summed E-state index contributed by atoms with van der Waals surface area (Å²) in [7, 11) is 1.66. The lowest BCUT2D eigenvalue weighted by Crippen LogP contribution is -2.40. The Morgan fingerprint density at radius 1 is 1.19 bits per heavy atom. The van der Waals surface area contributed by atoms with Crippen molar-refractivity contribution in [2.45, 2.75) is 56.6 Å². The molecule has 0 aliphatic heterocycles. The van der Waals surface area contributed by atoms with Gasteiger partial charge >= 0.3 is 0 Å². The van der Waals surface area contributed by atoms with E-state index in [1.807, 2.05) is 24.3 Å². The third-order valence-electron chi connectivity index (χ3n) is 5.63. The molecular weight excluding hydrogens is 338 g/mol. The number of methoxy groups -OCH3 is 1. The fraction of sp³-hybridized carbons (Fsp3) is 0.478. The first kappa shape index (κ1) is 19.7. The number of rotatable bonds is 8. The van der Waals surface area contributed by atoms with E-state index in [0.29, 0.717) is 5.92 Å². The fourth-order valence-electron chi connectivity index (χ4n) is 3.88. The second-order valence-corrected chi connectivity index (χ2v) is 7.85. The average molecular weight is 370 g/mol. The van der Waals surface area contributed by atoms with Gasteiger partial charge in [0.1, 0.15) is 11.5 Å². The summed E-state index contributed by atoms with van der Waals surface area (Å²) in [5, 5.41) is 9.45. The molecule has 2 aromatic carbocycles. The Balaban J connectivity index is 1.50. The Labute approximate surface area is 162 Å². The number of aliphatic hydroxyl groups excluding tert-OH is 1. The third kappa shape index (κ3) is 5.24. The van der Waals surface area contributed by atoms with Crippen molar-refractivity contribution in [3.63, 3.8) is 0 Å². The highest BCUT2D eigenvalue weighted by molar-refractivity contribution is 5.33. The number of ether oxygens (including phenoxy) is 2. The lowest BCUT2D eigenvalue weighted by atomic mass is 9.92. The monoisotopic (exact) mass is 369 g/mol. The molecule has 0 saturated heterocycles. The van der Waals surface area contributed by atoms with E-state index in [9.17, 15) is 5.11 Å². The van der Waals surface area contributed by atoms with Crippen LogP contribution >= 0.6 is 0 Å². The first-order valence-electron chi connectivity index (χ1n) is 9.80. The zero-order valence-corrected chi connectivity index (χ0v) is 16.4. The van der Waals surface area contributed by atoms with Gasteiger partial charge in [-0.1, -0.05) is 30.3 Å². The summed E-state index contributed by atoms with van der Waals surface area (Å²) < 4.78 is 11.2. The first-order valence-corrected chi connectivity index (χ1v) is 9.80. The topological polar surface area (TPSA) is 64.7 Å². The molecule has 0 aromatic heterocycles. The molecule has 0 spiro atoms. The molecule has 0 bridgehead atoms. The average Bonchev–Trinajstić information content (AvgIpc) is 3.10. The molecule has 1 saturated carbocycles. The SMILES string of the molecule is COc1cccc(OC(C)CCc2ccc([C@@H]3CC[C@](N)(CO)C3)cc2)c1. The van der Waals surface area contributed by atoms with Crippen LogP contribution in [0.3, 0.4) is 0 Å². The van der Waals surface area contributed by atoms with Crippen LogP contribution in [0.4, 0.5) is 0 Å². The highest BCUT2D eigenvalue weighted by Gasteiger charge is 2.35. The van der Waals surface area contributed by atoms with Crippen LogP contribution in [0, 0.1) is 0 Å². The van der Waals surface area contributed by atoms with Crippen LogP contribution in [0.2, 0.25) is 0 Å². The van der Waals surface area contributed by atoms with Gasteiger partial charge in [-0.3, -0.25) is 0 Å². The Morgan fingerprint density at radius 2 is 1.93 bits per heavy atom. The van der Waals surface area contributed by atoms with Gasteiger partial charge in [-0.25, -0.2) is 0 Å². The minimum Gasteiger partial charge on any atom is -0.497 e. The molecule has 1 fully saturated rings. The Bertz CT molecular complexity index is 731. The maximum atomic E-state index is 9.45. The van der Waals surface area contributed by atoms with E-state index in [1.54, 1.807) is 7.11 Å². The molecule has 1 unspecified atom stereocenters. The van der Waals surface area contributed by atoms with E-state index in [0.717, 1.165) is 43.6 Å². The quantitative estimate of drug-likeness (QED) is 0.737. The van der Waals surface area contributed by atoms with Gasteiger partial charge in [0.15, 0.2) is 0 Å². The summed E-state index contributed by atoms with van der Waals surface area (Å²) in [6, 6.07) is 16.6. The molecule has 4 nitrogen and oxygen atoms in total. The van der Waals surface area contributed by atoms with Crippen molar-refractivity contribution in [2.24, 2.45) is 5.73 Å². The van der Waals surface area contributed by atoms with Gasteiger partial charge in [0.2, 0.25) is 0 Å². The van der Waals surface area contributed by atoms with Crippen molar-refractivity contribution in [2.75, 3.05) is 13.7 Å². The van der Waals surface area contributed by atoms with Crippen LogP contribution in [-0.4, -0.2) is 30.5 Å². The van der Waals surface area contributed by atoms with Gasteiger partial charge in [0.25, 0.3) is 0 Å². The fourth-order valence-corrected chi connectivity index (χ4v) is 3.88. The standard InChI is InChI=1S/C23H31NO3/c1-17(27-22-5-3-4-21(14-22)26-2)6-7-18-8-10-19(11-9-18)20-12-13-23(24,15-20)16-25/h3-5,8-11,14,17,20,25H,6-7,12-13,15-16,24H2,1-2H3/t17?,20-,23-/m1/s1. The van der Waals surface area contributed by atoms with Gasteiger partial charge in [-0.2, -0.15) is 0 Å². The Morgan fingerprint density at radius 3 is 2.59 bits per heavy atom. The van der Waals surface area contributed by atoms with Gasteiger partial charge in [-0.15, -0.1) is 0 Å². The molecule has 27 heavy (non-hydrogen) atoms. The number of hydrogen-bond acceptors (Lipinski definition) is 4. The summed E-state index contributed by atoms with van der Waals surface area (Å²) >= 11 is 0. The minimum absolute atomic E-state index is 0.0762. The van der Waals surface area contributed by atoms with Gasteiger partial charge in [0.05, 0.1) is 19.8 Å². The summed E-state index contributed by atoms with van der Waals surface area (Å²) in [4.78, 5) is 0. The van der Waals surface area contributed by atoms with Crippen LogP contribution in [-0.2, 0) is 6.42 Å². The Kier molecular flexibility index (Phi) is 6.40. The Hall–Kier alpha value is -2.04. The number of aliphatic hydroxyl groups is 1.